The van der Waals surface area contributed by atoms with Crippen molar-refractivity contribution >= 4 is 11.6 Å². The molecule has 0 aliphatic carbocycles. The second kappa shape index (κ2) is 6.20. The molecular weight excluding hydrogens is 282 g/mol. The normalized spacial score (nSPS) is 11.0. The molecular formula is C18H18ClNO. The molecule has 0 atom stereocenters. The molecule has 0 heterocycles. The van der Waals surface area contributed by atoms with Crippen molar-refractivity contribution in [1.82, 2.24) is 0 Å². The molecule has 3 heteroatoms. The largest absolute Gasteiger partial charge is 0.457 e. The third-order valence-corrected chi connectivity index (χ3v) is 4.13. The highest BCUT2D eigenvalue weighted by atomic mass is 35.5. The number of halogens is 1. The van der Waals surface area contributed by atoms with E-state index in [1.807, 2.05) is 18.2 Å². The van der Waals surface area contributed by atoms with Crippen molar-refractivity contribution in [3.63, 3.8) is 0 Å². The minimum Gasteiger partial charge on any atom is -0.457 e. The van der Waals surface area contributed by atoms with Gasteiger partial charge in [-0.2, -0.15) is 5.26 Å². The molecule has 0 radical (unpaired) electrons. The van der Waals surface area contributed by atoms with Gasteiger partial charge in [-0.1, -0.05) is 44.5 Å². The Morgan fingerprint density at radius 2 is 1.71 bits per heavy atom. The van der Waals surface area contributed by atoms with Gasteiger partial charge in [0.05, 0.1) is 10.6 Å². The Labute approximate surface area is 130 Å². The van der Waals surface area contributed by atoms with Crippen molar-refractivity contribution in [2.75, 3.05) is 0 Å². The maximum Gasteiger partial charge on any atom is 0.129 e. The van der Waals surface area contributed by atoms with E-state index in [1.54, 1.807) is 18.2 Å². The van der Waals surface area contributed by atoms with Gasteiger partial charge in [-0.05, 0) is 41.7 Å². The van der Waals surface area contributed by atoms with Crippen LogP contribution in [0.3, 0.4) is 0 Å². The quantitative estimate of drug-likeness (QED) is 0.726. The van der Waals surface area contributed by atoms with Crippen molar-refractivity contribution in [3.05, 3.63) is 58.6 Å². The Kier molecular flexibility index (Phi) is 4.55. The van der Waals surface area contributed by atoms with E-state index in [4.69, 9.17) is 21.6 Å². The zero-order valence-electron chi connectivity index (χ0n) is 12.5. The van der Waals surface area contributed by atoms with Gasteiger partial charge in [-0.15, -0.1) is 0 Å². The highest BCUT2D eigenvalue weighted by Crippen LogP contribution is 2.30. The number of nitriles is 1. The summed E-state index contributed by atoms with van der Waals surface area (Å²) in [6, 6.07) is 15.2. The maximum atomic E-state index is 8.85. The summed E-state index contributed by atoms with van der Waals surface area (Å²) in [4.78, 5) is 0. The van der Waals surface area contributed by atoms with Gasteiger partial charge in [-0.3, -0.25) is 0 Å². The number of ether oxygens (including phenoxy) is 1. The van der Waals surface area contributed by atoms with E-state index < -0.39 is 0 Å². The molecule has 0 spiro atoms. The average molecular weight is 300 g/mol. The molecule has 0 fully saturated rings. The van der Waals surface area contributed by atoms with Crippen molar-refractivity contribution in [2.45, 2.75) is 32.6 Å². The molecule has 2 nitrogen and oxygen atoms in total. The first kappa shape index (κ1) is 15.4. The van der Waals surface area contributed by atoms with Crippen LogP contribution in [0.5, 0.6) is 11.5 Å². The summed E-state index contributed by atoms with van der Waals surface area (Å²) in [6.07, 6.45) is 1.08. The number of hydrogen-bond acceptors (Lipinski definition) is 2. The van der Waals surface area contributed by atoms with Crippen LogP contribution in [0.25, 0.3) is 0 Å². The van der Waals surface area contributed by atoms with Gasteiger partial charge in [0.15, 0.2) is 0 Å². The summed E-state index contributed by atoms with van der Waals surface area (Å²) in [5, 5.41) is 9.26. The molecule has 0 unspecified atom stereocenters. The van der Waals surface area contributed by atoms with Crippen LogP contribution in [0.4, 0.5) is 0 Å². The number of rotatable bonds is 4. The Morgan fingerprint density at radius 1 is 1.10 bits per heavy atom. The monoisotopic (exact) mass is 299 g/mol. The van der Waals surface area contributed by atoms with Crippen LogP contribution in [0, 0.1) is 11.3 Å². The fourth-order valence-corrected chi connectivity index (χ4v) is 2.18. The third kappa shape index (κ3) is 3.56. The van der Waals surface area contributed by atoms with Crippen LogP contribution in [0.15, 0.2) is 42.5 Å². The molecule has 0 N–H and O–H groups in total. The van der Waals surface area contributed by atoms with Crippen molar-refractivity contribution in [2.24, 2.45) is 0 Å². The topological polar surface area (TPSA) is 33.0 Å². The van der Waals surface area contributed by atoms with E-state index in [0.717, 1.165) is 12.2 Å². The molecule has 0 amide bonds. The lowest BCUT2D eigenvalue weighted by molar-refractivity contribution is 0.478. The molecule has 0 saturated carbocycles. The van der Waals surface area contributed by atoms with E-state index >= 15 is 0 Å². The number of hydrogen-bond donors (Lipinski definition) is 0. The Morgan fingerprint density at radius 3 is 2.24 bits per heavy atom. The summed E-state index contributed by atoms with van der Waals surface area (Å²) in [6.45, 7) is 6.63. The SMILES string of the molecule is CCC(C)(C)c1ccc(Oc2ccc(C#N)c(Cl)c2)cc1. The lowest BCUT2D eigenvalue weighted by Gasteiger charge is -2.23. The molecule has 2 rings (SSSR count). The predicted octanol–water partition coefficient (Wildman–Crippen LogP) is 5.69. The summed E-state index contributed by atoms with van der Waals surface area (Å²) < 4.78 is 5.77. The van der Waals surface area contributed by atoms with Gasteiger partial charge in [0.25, 0.3) is 0 Å². The Hall–Kier alpha value is -1.98. The Bertz CT molecular complexity index is 669. The van der Waals surface area contributed by atoms with E-state index in [9.17, 15) is 0 Å². The summed E-state index contributed by atoms with van der Waals surface area (Å²) in [5.41, 5.74) is 1.90. The van der Waals surface area contributed by atoms with Gasteiger partial charge in [0.1, 0.15) is 17.6 Å². The molecule has 0 saturated heterocycles. The summed E-state index contributed by atoms with van der Waals surface area (Å²) >= 11 is 6.00. The standard InChI is InChI=1S/C18H18ClNO/c1-4-18(2,3)14-6-9-15(10-7-14)21-16-8-5-13(12-20)17(19)11-16/h5-11H,4H2,1-3H3. The number of benzene rings is 2. The van der Waals surface area contributed by atoms with Crippen LogP contribution in [-0.4, -0.2) is 0 Å². The van der Waals surface area contributed by atoms with Gasteiger partial charge in [0.2, 0.25) is 0 Å². The second-order valence-electron chi connectivity index (χ2n) is 5.62. The third-order valence-electron chi connectivity index (χ3n) is 3.82. The van der Waals surface area contributed by atoms with Crippen molar-refractivity contribution in [3.8, 4) is 17.6 Å². The van der Waals surface area contributed by atoms with E-state index in [-0.39, 0.29) is 5.41 Å². The van der Waals surface area contributed by atoms with E-state index in [2.05, 4.69) is 32.9 Å². The molecule has 2 aromatic carbocycles. The lowest BCUT2D eigenvalue weighted by Crippen LogP contribution is -2.14. The second-order valence-corrected chi connectivity index (χ2v) is 6.02. The molecule has 0 aliphatic heterocycles. The predicted molar refractivity (Wildman–Crippen MR) is 86.0 cm³/mol. The summed E-state index contributed by atoms with van der Waals surface area (Å²) in [7, 11) is 0. The van der Waals surface area contributed by atoms with Gasteiger partial charge in [-0.25, -0.2) is 0 Å². The lowest BCUT2D eigenvalue weighted by atomic mass is 9.82. The van der Waals surface area contributed by atoms with E-state index in [0.29, 0.717) is 16.3 Å². The van der Waals surface area contributed by atoms with Crippen LogP contribution in [-0.2, 0) is 5.41 Å². The van der Waals surface area contributed by atoms with Crippen LogP contribution >= 0.6 is 11.6 Å². The first-order valence-electron chi connectivity index (χ1n) is 6.94. The first-order valence-corrected chi connectivity index (χ1v) is 7.32. The van der Waals surface area contributed by atoms with Crippen molar-refractivity contribution < 1.29 is 4.74 Å². The minimum absolute atomic E-state index is 0.163. The zero-order valence-corrected chi connectivity index (χ0v) is 13.2. The Balaban J connectivity index is 2.18. The fourth-order valence-electron chi connectivity index (χ4n) is 1.96. The van der Waals surface area contributed by atoms with Gasteiger partial charge < -0.3 is 4.74 Å². The molecule has 0 aliphatic rings. The smallest absolute Gasteiger partial charge is 0.129 e. The highest BCUT2D eigenvalue weighted by molar-refractivity contribution is 6.31. The highest BCUT2D eigenvalue weighted by Gasteiger charge is 2.17. The zero-order chi connectivity index (χ0) is 15.5. The molecule has 0 aromatic heterocycles. The van der Waals surface area contributed by atoms with Crippen LogP contribution in [0.1, 0.15) is 38.3 Å². The van der Waals surface area contributed by atoms with Crippen molar-refractivity contribution in [1.29, 1.82) is 5.26 Å². The molecule has 108 valence electrons. The van der Waals surface area contributed by atoms with Crippen LogP contribution in [0.2, 0.25) is 5.02 Å². The van der Waals surface area contributed by atoms with Gasteiger partial charge >= 0.3 is 0 Å². The van der Waals surface area contributed by atoms with Crippen LogP contribution < -0.4 is 4.74 Å². The van der Waals surface area contributed by atoms with Gasteiger partial charge in [0, 0.05) is 6.07 Å². The van der Waals surface area contributed by atoms with E-state index in [1.165, 1.54) is 5.56 Å². The summed E-state index contributed by atoms with van der Waals surface area (Å²) in [5.74, 6) is 1.38. The average Bonchev–Trinajstić information content (AvgIpc) is 2.48. The number of nitrogens with zero attached hydrogens (tertiary/aromatic N) is 1. The molecule has 2 aromatic rings. The molecule has 21 heavy (non-hydrogen) atoms. The minimum atomic E-state index is 0.163. The first-order chi connectivity index (χ1) is 9.96. The molecule has 0 bridgehead atoms. The maximum absolute atomic E-state index is 8.85. The fraction of sp³-hybridized carbons (Fsp3) is 0.278.